The maximum absolute atomic E-state index is 11.2. The van der Waals surface area contributed by atoms with Crippen LogP contribution < -0.4 is 0 Å². The molecule has 1 nitrogen and oxygen atoms in total. The minimum Gasteiger partial charge on any atom is -0.322 e. The summed E-state index contributed by atoms with van der Waals surface area (Å²) < 4.78 is 48.0. The molecule has 0 aromatic rings. The number of rotatable bonds is 2. The van der Waals surface area contributed by atoms with E-state index in [-0.39, 0.29) is 0 Å². The first-order valence-corrected chi connectivity index (χ1v) is 2.30. The second-order valence-corrected chi connectivity index (χ2v) is 1.53. The lowest BCUT2D eigenvalue weighted by Crippen LogP contribution is -2.25. The highest BCUT2D eigenvalue weighted by Crippen LogP contribution is 2.25. The Morgan fingerprint density at radius 3 is 2.00 bits per heavy atom. The lowest BCUT2D eigenvalue weighted by molar-refractivity contribution is -0.200. The largest absolute Gasteiger partial charge is 0.428 e. The molecular weight excluding hydrogens is 163 g/mol. The average Bonchev–Trinajstić information content (AvgIpc) is 1.64. The van der Waals surface area contributed by atoms with Gasteiger partial charge in [-0.15, -0.1) is 0 Å². The third kappa shape index (κ3) is 3.53. The van der Waals surface area contributed by atoms with Crippen molar-refractivity contribution in [1.29, 1.82) is 0 Å². The van der Waals surface area contributed by atoms with Gasteiger partial charge in [0.1, 0.15) is 0 Å². The number of alkyl halides is 5. The van der Waals surface area contributed by atoms with Gasteiger partial charge in [0.25, 0.3) is 0 Å². The van der Waals surface area contributed by atoms with E-state index in [9.17, 15) is 17.6 Å². The fraction of sp³-hybridized carbons (Fsp3) is 1.00. The third-order valence-corrected chi connectivity index (χ3v) is 0.840. The van der Waals surface area contributed by atoms with E-state index in [2.05, 4.69) is 16.3 Å². The van der Waals surface area contributed by atoms with Crippen molar-refractivity contribution in [2.24, 2.45) is 0 Å². The summed E-state index contributed by atoms with van der Waals surface area (Å²) >= 11 is 4.47. The first-order chi connectivity index (χ1) is 3.98. The quantitative estimate of drug-likeness (QED) is 0.451. The summed E-state index contributed by atoms with van der Waals surface area (Å²) in [5, 5.41) is 0. The van der Waals surface area contributed by atoms with Gasteiger partial charge in [0.15, 0.2) is 6.86 Å². The zero-order valence-corrected chi connectivity index (χ0v) is 4.84. The van der Waals surface area contributed by atoms with Crippen molar-refractivity contribution in [2.45, 2.75) is 11.7 Å². The molecule has 0 rings (SSSR count). The highest BCUT2D eigenvalue weighted by atomic mass is 35.5. The molecular formula is C3H3ClF4O. The van der Waals surface area contributed by atoms with Gasteiger partial charge < -0.3 is 4.74 Å². The van der Waals surface area contributed by atoms with E-state index in [4.69, 9.17) is 0 Å². The van der Waals surface area contributed by atoms with Crippen molar-refractivity contribution in [1.82, 2.24) is 0 Å². The van der Waals surface area contributed by atoms with Crippen LogP contribution in [0.25, 0.3) is 0 Å². The Hall–Kier alpha value is -0.0300. The van der Waals surface area contributed by atoms with Crippen LogP contribution in [-0.4, -0.2) is 18.6 Å². The normalized spacial score (nSPS) is 15.7. The predicted octanol–water partition coefficient (Wildman–Crippen LogP) is 2.06. The molecule has 0 aliphatic heterocycles. The Kier molecular flexibility index (Phi) is 3.21. The van der Waals surface area contributed by atoms with Crippen molar-refractivity contribution in [3.63, 3.8) is 0 Å². The summed E-state index contributed by atoms with van der Waals surface area (Å²) in [7, 11) is 0. The van der Waals surface area contributed by atoms with Crippen LogP contribution in [0.5, 0.6) is 0 Å². The van der Waals surface area contributed by atoms with Gasteiger partial charge in [0.05, 0.1) is 0 Å². The molecule has 6 heteroatoms. The highest BCUT2D eigenvalue weighted by molar-refractivity contribution is 6.20. The first-order valence-electron chi connectivity index (χ1n) is 1.87. The fourth-order valence-corrected chi connectivity index (χ4v) is 0.197. The third-order valence-electron chi connectivity index (χ3n) is 0.467. The molecule has 0 saturated carbocycles. The van der Waals surface area contributed by atoms with Gasteiger partial charge >= 0.3 is 6.18 Å². The van der Waals surface area contributed by atoms with Crippen LogP contribution in [0, 0.1) is 0 Å². The molecule has 1 unspecified atom stereocenters. The zero-order chi connectivity index (χ0) is 7.49. The Morgan fingerprint density at radius 2 is 1.89 bits per heavy atom. The van der Waals surface area contributed by atoms with E-state index < -0.39 is 18.6 Å². The Balaban J connectivity index is 3.59. The van der Waals surface area contributed by atoms with E-state index >= 15 is 0 Å². The molecule has 9 heavy (non-hydrogen) atoms. The minimum atomic E-state index is -4.69. The second-order valence-electron chi connectivity index (χ2n) is 1.13. The molecule has 0 aliphatic carbocycles. The van der Waals surface area contributed by atoms with E-state index in [1.807, 2.05) is 0 Å². The Bertz CT molecular complexity index is 82.4. The van der Waals surface area contributed by atoms with E-state index in [0.29, 0.717) is 0 Å². The van der Waals surface area contributed by atoms with Gasteiger partial charge in [0, 0.05) is 0 Å². The zero-order valence-electron chi connectivity index (χ0n) is 4.08. The maximum atomic E-state index is 11.2. The molecule has 56 valence electrons. The van der Waals surface area contributed by atoms with Gasteiger partial charge in [-0.25, -0.2) is 4.39 Å². The summed E-state index contributed by atoms with van der Waals surface area (Å²) in [6.07, 6.45) is -4.69. The van der Waals surface area contributed by atoms with Gasteiger partial charge in [0.2, 0.25) is 5.56 Å². The monoisotopic (exact) mass is 166 g/mol. The molecule has 0 fully saturated rings. The predicted molar refractivity (Wildman–Crippen MR) is 22.8 cm³/mol. The molecule has 0 radical (unpaired) electrons. The molecule has 1 atom stereocenters. The smallest absolute Gasteiger partial charge is 0.322 e. The van der Waals surface area contributed by atoms with Crippen LogP contribution in [0.1, 0.15) is 0 Å². The van der Waals surface area contributed by atoms with Crippen molar-refractivity contribution >= 4 is 11.6 Å². The van der Waals surface area contributed by atoms with Crippen molar-refractivity contribution in [2.75, 3.05) is 6.86 Å². The maximum Gasteiger partial charge on any atom is 0.428 e. The number of ether oxygens (including phenoxy) is 1. The molecule has 0 heterocycles. The molecule has 0 aromatic carbocycles. The van der Waals surface area contributed by atoms with Crippen molar-refractivity contribution < 1.29 is 22.3 Å². The van der Waals surface area contributed by atoms with Crippen molar-refractivity contribution in [3.05, 3.63) is 0 Å². The Labute approximate surface area is 53.5 Å². The van der Waals surface area contributed by atoms with Crippen LogP contribution in [0.3, 0.4) is 0 Å². The molecule has 0 N–H and O–H groups in total. The number of hydrogen-bond acceptors (Lipinski definition) is 1. The average molecular weight is 167 g/mol. The number of hydrogen-bond donors (Lipinski definition) is 0. The van der Waals surface area contributed by atoms with E-state index in [1.165, 1.54) is 0 Å². The summed E-state index contributed by atoms with van der Waals surface area (Å²) in [5.41, 5.74) is -2.54. The number of halogens is 5. The summed E-state index contributed by atoms with van der Waals surface area (Å²) in [4.78, 5) is 0. The van der Waals surface area contributed by atoms with Gasteiger partial charge in [-0.05, 0) is 0 Å². The molecule has 0 bridgehead atoms. The van der Waals surface area contributed by atoms with E-state index in [1.54, 1.807) is 0 Å². The lowest BCUT2D eigenvalue weighted by Gasteiger charge is -2.10. The van der Waals surface area contributed by atoms with E-state index in [0.717, 1.165) is 0 Å². The van der Waals surface area contributed by atoms with Crippen molar-refractivity contribution in [3.8, 4) is 0 Å². The first kappa shape index (κ1) is 8.97. The molecule has 0 saturated heterocycles. The summed E-state index contributed by atoms with van der Waals surface area (Å²) in [5.74, 6) is 0. The molecule has 0 amide bonds. The highest BCUT2D eigenvalue weighted by Gasteiger charge is 2.39. The fourth-order valence-electron chi connectivity index (χ4n) is 0.150. The topological polar surface area (TPSA) is 9.23 Å². The minimum absolute atomic E-state index is 1.53. The summed E-state index contributed by atoms with van der Waals surface area (Å²) in [6, 6.07) is 0. The van der Waals surface area contributed by atoms with Crippen LogP contribution in [0.4, 0.5) is 17.6 Å². The molecule has 0 spiro atoms. The molecule has 0 aromatic heterocycles. The van der Waals surface area contributed by atoms with Crippen LogP contribution in [-0.2, 0) is 4.74 Å². The van der Waals surface area contributed by atoms with Gasteiger partial charge in [-0.2, -0.15) is 13.2 Å². The Morgan fingerprint density at radius 1 is 1.44 bits per heavy atom. The van der Waals surface area contributed by atoms with Crippen LogP contribution in [0.15, 0.2) is 0 Å². The lowest BCUT2D eigenvalue weighted by atomic mass is 10.7. The molecule has 0 aliphatic rings. The van der Waals surface area contributed by atoms with Crippen LogP contribution in [0.2, 0.25) is 0 Å². The standard InChI is InChI=1S/C3H3ClF4O/c4-2(9-1-5)3(6,7)8/h2H,1H2. The van der Waals surface area contributed by atoms with Gasteiger partial charge in [-0.3, -0.25) is 0 Å². The SMILES string of the molecule is FCOC(Cl)C(F)(F)F. The van der Waals surface area contributed by atoms with Crippen LogP contribution >= 0.6 is 11.6 Å². The summed E-state index contributed by atoms with van der Waals surface area (Å²) in [6.45, 7) is -1.53. The van der Waals surface area contributed by atoms with Gasteiger partial charge in [-0.1, -0.05) is 11.6 Å². The second kappa shape index (κ2) is 3.22.